The Morgan fingerprint density at radius 1 is 1.20 bits per heavy atom. The second kappa shape index (κ2) is 5.31. The summed E-state index contributed by atoms with van der Waals surface area (Å²) in [7, 11) is 0. The van der Waals surface area contributed by atoms with Crippen molar-refractivity contribution in [2.45, 2.75) is 59.5 Å². The Bertz CT molecular complexity index is 183. The zero-order valence-corrected chi connectivity index (χ0v) is 11.1. The third-order valence-electron chi connectivity index (χ3n) is 4.05. The largest absolute Gasteiger partial charge is 0.310 e. The lowest BCUT2D eigenvalue weighted by atomic mass is 10.00. The number of hydrogen-bond acceptors (Lipinski definition) is 2. The van der Waals surface area contributed by atoms with E-state index in [9.17, 15) is 0 Å². The topological polar surface area (TPSA) is 15.3 Å². The lowest BCUT2D eigenvalue weighted by Crippen LogP contribution is -2.45. The molecule has 0 aromatic rings. The molecule has 0 aromatic heterocycles. The van der Waals surface area contributed by atoms with E-state index in [1.165, 1.54) is 19.4 Å². The van der Waals surface area contributed by atoms with Crippen LogP contribution in [0.2, 0.25) is 0 Å². The molecule has 2 heteroatoms. The van der Waals surface area contributed by atoms with Crippen molar-refractivity contribution in [2.24, 2.45) is 5.41 Å². The van der Waals surface area contributed by atoms with Crippen LogP contribution in [0.25, 0.3) is 0 Å². The molecular weight excluding hydrogens is 184 g/mol. The Hall–Kier alpha value is -0.0800. The van der Waals surface area contributed by atoms with E-state index in [0.29, 0.717) is 17.5 Å². The molecule has 0 amide bonds. The van der Waals surface area contributed by atoms with Crippen LogP contribution in [0, 0.1) is 5.41 Å². The van der Waals surface area contributed by atoms with E-state index in [-0.39, 0.29) is 0 Å². The molecule has 2 nitrogen and oxygen atoms in total. The van der Waals surface area contributed by atoms with Crippen molar-refractivity contribution in [2.75, 3.05) is 19.6 Å². The highest BCUT2D eigenvalue weighted by Gasteiger charge is 2.42. The molecule has 90 valence electrons. The van der Waals surface area contributed by atoms with Crippen molar-refractivity contribution in [1.82, 2.24) is 10.2 Å². The van der Waals surface area contributed by atoms with Gasteiger partial charge in [0.05, 0.1) is 0 Å². The molecule has 2 unspecified atom stereocenters. The molecule has 0 bridgehead atoms. The number of nitrogens with one attached hydrogen (secondary N) is 1. The van der Waals surface area contributed by atoms with E-state index in [4.69, 9.17) is 0 Å². The summed E-state index contributed by atoms with van der Waals surface area (Å²) in [5.41, 5.74) is 0.595. The van der Waals surface area contributed by atoms with Crippen molar-refractivity contribution in [1.29, 1.82) is 0 Å². The van der Waals surface area contributed by atoms with Crippen LogP contribution in [-0.2, 0) is 0 Å². The van der Waals surface area contributed by atoms with Crippen LogP contribution in [-0.4, -0.2) is 36.6 Å². The van der Waals surface area contributed by atoms with E-state index >= 15 is 0 Å². The molecule has 1 aliphatic carbocycles. The second-order valence-corrected chi connectivity index (χ2v) is 5.43. The van der Waals surface area contributed by atoms with Gasteiger partial charge in [-0.3, -0.25) is 0 Å². The highest BCUT2D eigenvalue weighted by molar-refractivity contribution is 4.97. The molecule has 15 heavy (non-hydrogen) atoms. The Balaban J connectivity index is 2.25. The summed E-state index contributed by atoms with van der Waals surface area (Å²) in [5.74, 6) is 0. The monoisotopic (exact) mass is 212 g/mol. The molecular formula is C13H28N2. The molecule has 1 saturated carbocycles. The van der Waals surface area contributed by atoms with Gasteiger partial charge in [-0.1, -0.05) is 20.8 Å². The van der Waals surface area contributed by atoms with Crippen LogP contribution in [0.15, 0.2) is 0 Å². The predicted molar refractivity (Wildman–Crippen MR) is 67.2 cm³/mol. The van der Waals surface area contributed by atoms with Crippen LogP contribution in [0.1, 0.15) is 47.5 Å². The maximum atomic E-state index is 3.74. The van der Waals surface area contributed by atoms with Gasteiger partial charge in [-0.05, 0) is 45.2 Å². The predicted octanol–water partition coefficient (Wildman–Crippen LogP) is 2.49. The molecule has 0 aromatic carbocycles. The summed E-state index contributed by atoms with van der Waals surface area (Å²) >= 11 is 0. The number of hydrogen-bond donors (Lipinski definition) is 1. The summed E-state index contributed by atoms with van der Waals surface area (Å²) in [4.78, 5) is 2.49. The molecule has 0 spiro atoms. The van der Waals surface area contributed by atoms with Gasteiger partial charge in [0.15, 0.2) is 0 Å². The van der Waals surface area contributed by atoms with Crippen molar-refractivity contribution < 1.29 is 0 Å². The molecule has 2 atom stereocenters. The molecule has 0 aliphatic heterocycles. The fraction of sp³-hybridized carbons (Fsp3) is 1.00. The minimum Gasteiger partial charge on any atom is -0.310 e. The van der Waals surface area contributed by atoms with Crippen LogP contribution in [0.3, 0.4) is 0 Å². The van der Waals surface area contributed by atoms with Gasteiger partial charge in [0, 0.05) is 18.6 Å². The fourth-order valence-electron chi connectivity index (χ4n) is 2.18. The Kier molecular flexibility index (Phi) is 4.60. The van der Waals surface area contributed by atoms with E-state index in [0.717, 1.165) is 13.1 Å². The van der Waals surface area contributed by atoms with Gasteiger partial charge >= 0.3 is 0 Å². The normalized spacial score (nSPS) is 22.8. The van der Waals surface area contributed by atoms with Gasteiger partial charge in [0.2, 0.25) is 0 Å². The zero-order valence-electron chi connectivity index (χ0n) is 11.1. The van der Waals surface area contributed by atoms with Gasteiger partial charge in [0.25, 0.3) is 0 Å². The molecule has 0 saturated heterocycles. The zero-order chi connectivity index (χ0) is 11.5. The van der Waals surface area contributed by atoms with Crippen LogP contribution in [0.4, 0.5) is 0 Å². The summed E-state index contributed by atoms with van der Waals surface area (Å²) in [5, 5.41) is 3.74. The summed E-state index contributed by atoms with van der Waals surface area (Å²) in [6, 6.07) is 1.28. The first kappa shape index (κ1) is 13.0. The Morgan fingerprint density at radius 2 is 1.73 bits per heavy atom. The lowest BCUT2D eigenvalue weighted by molar-refractivity contribution is 0.247. The average molecular weight is 212 g/mol. The van der Waals surface area contributed by atoms with E-state index < -0.39 is 0 Å². The highest BCUT2D eigenvalue weighted by atomic mass is 15.1. The van der Waals surface area contributed by atoms with Gasteiger partial charge in [-0.15, -0.1) is 0 Å². The first-order valence-corrected chi connectivity index (χ1v) is 6.50. The summed E-state index contributed by atoms with van der Waals surface area (Å²) in [6.07, 6.45) is 2.80. The number of likely N-dealkylation sites (N-methyl/N-ethyl adjacent to an activating group) is 1. The SMILES string of the molecule is CCN(CC)CC(C)NC(C)C1(C)CC1. The third kappa shape index (κ3) is 3.76. The van der Waals surface area contributed by atoms with Crippen molar-refractivity contribution >= 4 is 0 Å². The van der Waals surface area contributed by atoms with E-state index in [2.05, 4.69) is 44.8 Å². The quantitative estimate of drug-likeness (QED) is 0.697. The fourth-order valence-corrected chi connectivity index (χ4v) is 2.18. The lowest BCUT2D eigenvalue weighted by Gasteiger charge is -2.28. The van der Waals surface area contributed by atoms with Crippen LogP contribution >= 0.6 is 0 Å². The molecule has 1 N–H and O–H groups in total. The van der Waals surface area contributed by atoms with Crippen molar-refractivity contribution in [3.8, 4) is 0 Å². The highest BCUT2D eigenvalue weighted by Crippen LogP contribution is 2.47. The van der Waals surface area contributed by atoms with Gasteiger partial charge in [-0.2, -0.15) is 0 Å². The van der Waals surface area contributed by atoms with Crippen molar-refractivity contribution in [3.63, 3.8) is 0 Å². The third-order valence-corrected chi connectivity index (χ3v) is 4.05. The number of nitrogens with zero attached hydrogens (tertiary/aromatic N) is 1. The smallest absolute Gasteiger partial charge is 0.0169 e. The van der Waals surface area contributed by atoms with Gasteiger partial charge in [-0.25, -0.2) is 0 Å². The maximum Gasteiger partial charge on any atom is 0.0169 e. The first-order valence-electron chi connectivity index (χ1n) is 6.50. The maximum absolute atomic E-state index is 3.74. The Morgan fingerprint density at radius 3 is 2.13 bits per heavy atom. The van der Waals surface area contributed by atoms with Gasteiger partial charge in [0.1, 0.15) is 0 Å². The molecule has 1 rings (SSSR count). The molecule has 1 fully saturated rings. The Labute approximate surface area is 95.4 Å². The first-order chi connectivity index (χ1) is 7.01. The number of rotatable bonds is 7. The summed E-state index contributed by atoms with van der Waals surface area (Å²) < 4.78 is 0. The molecule has 1 aliphatic rings. The summed E-state index contributed by atoms with van der Waals surface area (Å²) in [6.45, 7) is 15.0. The molecule has 0 heterocycles. The van der Waals surface area contributed by atoms with E-state index in [1.807, 2.05) is 0 Å². The minimum atomic E-state index is 0.595. The minimum absolute atomic E-state index is 0.595. The van der Waals surface area contributed by atoms with Crippen molar-refractivity contribution in [3.05, 3.63) is 0 Å². The van der Waals surface area contributed by atoms with E-state index in [1.54, 1.807) is 0 Å². The van der Waals surface area contributed by atoms with Gasteiger partial charge < -0.3 is 10.2 Å². The standard InChI is InChI=1S/C13H28N2/c1-6-15(7-2)10-11(3)14-12(4)13(5)8-9-13/h11-12,14H,6-10H2,1-5H3. The average Bonchev–Trinajstić information content (AvgIpc) is 2.94. The second-order valence-electron chi connectivity index (χ2n) is 5.43. The van der Waals surface area contributed by atoms with Crippen LogP contribution < -0.4 is 5.32 Å². The van der Waals surface area contributed by atoms with Crippen LogP contribution in [0.5, 0.6) is 0 Å². The molecule has 0 radical (unpaired) electrons.